The number of carbonyl (C=O) groups excluding carboxylic acids is 1. The normalized spacial score (nSPS) is 15.2. The van der Waals surface area contributed by atoms with Crippen molar-refractivity contribution in [2.24, 2.45) is 0 Å². The molecule has 2 heterocycles. The molecule has 0 saturated heterocycles. The zero-order chi connectivity index (χ0) is 14.3. The van der Waals surface area contributed by atoms with E-state index < -0.39 is 5.97 Å². The van der Waals surface area contributed by atoms with Crippen molar-refractivity contribution >= 4 is 40.8 Å². The number of aromatic nitrogens is 1. The zero-order valence-corrected chi connectivity index (χ0v) is 10.9. The largest absolute Gasteiger partial charge is 0.477 e. The molecule has 0 unspecified atom stereocenters. The van der Waals surface area contributed by atoms with Gasteiger partial charge in [-0.2, -0.15) is 0 Å². The number of H-pyrrole nitrogens is 1. The molecule has 20 heavy (non-hydrogen) atoms. The summed E-state index contributed by atoms with van der Waals surface area (Å²) in [5, 5.41) is 12.1. The molecule has 0 radical (unpaired) electrons. The summed E-state index contributed by atoms with van der Waals surface area (Å²) in [6.07, 6.45) is 1.61. The van der Waals surface area contributed by atoms with Gasteiger partial charge in [0.2, 0.25) is 0 Å². The van der Waals surface area contributed by atoms with Gasteiger partial charge in [-0.05, 0) is 30.3 Å². The highest BCUT2D eigenvalue weighted by atomic mass is 35.5. The molecule has 6 heteroatoms. The van der Waals surface area contributed by atoms with E-state index in [0.717, 1.165) is 5.56 Å². The van der Waals surface area contributed by atoms with Gasteiger partial charge < -0.3 is 15.4 Å². The van der Waals surface area contributed by atoms with Crippen molar-refractivity contribution in [1.82, 2.24) is 4.98 Å². The number of anilines is 1. The minimum atomic E-state index is -1.04. The third-order valence-electron chi connectivity index (χ3n) is 3.00. The molecule has 1 amide bonds. The number of rotatable bonds is 2. The number of amides is 1. The third kappa shape index (κ3) is 2.08. The van der Waals surface area contributed by atoms with E-state index in [1.807, 2.05) is 0 Å². The van der Waals surface area contributed by atoms with Crippen LogP contribution in [0, 0.1) is 0 Å². The van der Waals surface area contributed by atoms with Gasteiger partial charge in [0, 0.05) is 16.3 Å². The molecule has 1 aliphatic rings. The fourth-order valence-electron chi connectivity index (χ4n) is 2.09. The van der Waals surface area contributed by atoms with Gasteiger partial charge in [-0.1, -0.05) is 17.7 Å². The zero-order valence-electron chi connectivity index (χ0n) is 10.1. The number of aromatic amines is 1. The molecule has 0 bridgehead atoms. The lowest BCUT2D eigenvalue weighted by molar-refractivity contribution is -0.110. The van der Waals surface area contributed by atoms with Crippen LogP contribution < -0.4 is 5.32 Å². The number of hydrogen-bond acceptors (Lipinski definition) is 2. The second kappa shape index (κ2) is 4.54. The second-order valence-electron chi connectivity index (χ2n) is 4.33. The Morgan fingerprint density at radius 3 is 2.75 bits per heavy atom. The Hall–Kier alpha value is -2.53. The number of halogens is 1. The Balaban J connectivity index is 2.03. The van der Waals surface area contributed by atoms with E-state index in [4.69, 9.17) is 16.7 Å². The lowest BCUT2D eigenvalue weighted by atomic mass is 10.1. The van der Waals surface area contributed by atoms with Gasteiger partial charge in [-0.25, -0.2) is 4.79 Å². The minimum Gasteiger partial charge on any atom is -0.477 e. The van der Waals surface area contributed by atoms with Crippen molar-refractivity contribution in [2.75, 3.05) is 5.32 Å². The topological polar surface area (TPSA) is 82.2 Å². The maximum atomic E-state index is 11.9. The molecule has 0 saturated carbocycles. The van der Waals surface area contributed by atoms with Crippen LogP contribution in [0.25, 0.3) is 11.6 Å². The summed E-state index contributed by atoms with van der Waals surface area (Å²) in [6, 6.07) is 8.18. The molecular formula is C14H9ClN2O3. The molecule has 1 aromatic heterocycles. The number of carbonyl (C=O) groups is 2. The van der Waals surface area contributed by atoms with E-state index in [1.54, 1.807) is 30.3 Å². The monoisotopic (exact) mass is 288 g/mol. The van der Waals surface area contributed by atoms with Gasteiger partial charge >= 0.3 is 5.97 Å². The van der Waals surface area contributed by atoms with Crippen LogP contribution in [0.5, 0.6) is 0 Å². The predicted octanol–water partition coefficient (Wildman–Crippen LogP) is 2.86. The van der Waals surface area contributed by atoms with Crippen LogP contribution >= 0.6 is 11.6 Å². The second-order valence-corrected chi connectivity index (χ2v) is 4.77. The number of carboxylic acid groups (broad SMARTS) is 1. The number of hydrogen-bond donors (Lipinski definition) is 3. The van der Waals surface area contributed by atoms with Crippen LogP contribution in [0.1, 0.15) is 21.7 Å². The van der Waals surface area contributed by atoms with Crippen LogP contribution in [0.2, 0.25) is 5.02 Å². The highest BCUT2D eigenvalue weighted by Gasteiger charge is 2.24. The molecule has 0 spiro atoms. The maximum Gasteiger partial charge on any atom is 0.352 e. The van der Waals surface area contributed by atoms with E-state index in [-0.39, 0.29) is 11.6 Å². The summed E-state index contributed by atoms with van der Waals surface area (Å²) in [6.45, 7) is 0. The number of carboxylic acids is 1. The van der Waals surface area contributed by atoms with E-state index >= 15 is 0 Å². The lowest BCUT2D eigenvalue weighted by Gasteiger charge is -1.98. The molecule has 5 nitrogen and oxygen atoms in total. The van der Waals surface area contributed by atoms with Gasteiger partial charge in [0.15, 0.2) is 0 Å². The quantitative estimate of drug-likeness (QED) is 0.743. The third-order valence-corrected chi connectivity index (χ3v) is 3.24. The number of benzene rings is 1. The average molecular weight is 289 g/mol. The van der Waals surface area contributed by atoms with Crippen LogP contribution in [0.4, 0.5) is 5.69 Å². The summed E-state index contributed by atoms with van der Waals surface area (Å²) in [5.41, 5.74) is 2.49. The van der Waals surface area contributed by atoms with Crippen molar-refractivity contribution in [3.63, 3.8) is 0 Å². The molecule has 1 aliphatic heterocycles. The first kappa shape index (κ1) is 12.5. The Labute approximate surface area is 118 Å². The fourth-order valence-corrected chi connectivity index (χ4v) is 2.26. The van der Waals surface area contributed by atoms with Crippen molar-refractivity contribution in [2.45, 2.75) is 0 Å². The van der Waals surface area contributed by atoms with Gasteiger partial charge in [-0.15, -0.1) is 0 Å². The molecule has 3 rings (SSSR count). The molecule has 0 aliphatic carbocycles. The summed E-state index contributed by atoms with van der Waals surface area (Å²) in [4.78, 5) is 25.5. The van der Waals surface area contributed by atoms with Gasteiger partial charge in [-0.3, -0.25) is 4.79 Å². The van der Waals surface area contributed by atoms with Crippen molar-refractivity contribution in [1.29, 1.82) is 0 Å². The minimum absolute atomic E-state index is 0.0755. The SMILES string of the molecule is O=C1Nc2cc(Cl)ccc2/C1=C\c1ccc(C(=O)O)[nH]1. The number of nitrogens with one attached hydrogen (secondary N) is 2. The Morgan fingerprint density at radius 2 is 2.05 bits per heavy atom. The number of aromatic carboxylic acids is 1. The van der Waals surface area contributed by atoms with Gasteiger partial charge in [0.25, 0.3) is 5.91 Å². The van der Waals surface area contributed by atoms with Crippen LogP contribution in [0.15, 0.2) is 30.3 Å². The van der Waals surface area contributed by atoms with Crippen LogP contribution in [-0.2, 0) is 4.79 Å². The standard InChI is InChI=1S/C14H9ClN2O3/c15-7-1-3-9-10(13(18)17-12(9)5-7)6-8-2-4-11(16-8)14(19)20/h1-6,16H,(H,17,18)(H,19,20)/b10-6+. The van der Waals surface area contributed by atoms with Gasteiger partial charge in [0.05, 0.1) is 11.3 Å². The molecule has 2 aromatic rings. The van der Waals surface area contributed by atoms with E-state index in [9.17, 15) is 9.59 Å². The van der Waals surface area contributed by atoms with Crippen LogP contribution in [-0.4, -0.2) is 22.0 Å². The van der Waals surface area contributed by atoms with E-state index in [1.165, 1.54) is 6.07 Å². The fraction of sp³-hybridized carbons (Fsp3) is 0. The highest BCUT2D eigenvalue weighted by molar-refractivity contribution is 6.36. The van der Waals surface area contributed by atoms with Gasteiger partial charge in [0.1, 0.15) is 5.69 Å². The Bertz CT molecular complexity index is 762. The van der Waals surface area contributed by atoms with E-state index in [0.29, 0.717) is 22.0 Å². The molecule has 1 aromatic carbocycles. The molecule has 3 N–H and O–H groups in total. The predicted molar refractivity (Wildman–Crippen MR) is 75.7 cm³/mol. The summed E-state index contributed by atoms with van der Waals surface area (Å²) >= 11 is 5.87. The smallest absolute Gasteiger partial charge is 0.352 e. The summed E-state index contributed by atoms with van der Waals surface area (Å²) in [5.74, 6) is -1.29. The first-order valence-electron chi connectivity index (χ1n) is 5.80. The molecule has 0 atom stereocenters. The Morgan fingerprint density at radius 1 is 1.25 bits per heavy atom. The average Bonchev–Trinajstić information content (AvgIpc) is 2.96. The summed E-state index contributed by atoms with van der Waals surface area (Å²) in [7, 11) is 0. The maximum absolute atomic E-state index is 11.9. The molecular weight excluding hydrogens is 280 g/mol. The highest BCUT2D eigenvalue weighted by Crippen LogP contribution is 2.34. The number of fused-ring (bicyclic) bond motifs is 1. The van der Waals surface area contributed by atoms with Crippen molar-refractivity contribution < 1.29 is 14.7 Å². The lowest BCUT2D eigenvalue weighted by Crippen LogP contribution is -2.03. The summed E-state index contributed by atoms with van der Waals surface area (Å²) < 4.78 is 0. The Kier molecular flexibility index (Phi) is 2.84. The molecule has 0 fully saturated rings. The van der Waals surface area contributed by atoms with Crippen LogP contribution in [0.3, 0.4) is 0 Å². The van der Waals surface area contributed by atoms with Crippen molar-refractivity contribution in [3.05, 3.63) is 52.3 Å². The first-order valence-corrected chi connectivity index (χ1v) is 6.17. The van der Waals surface area contributed by atoms with Crippen molar-refractivity contribution in [3.8, 4) is 0 Å². The molecule has 100 valence electrons. The first-order chi connectivity index (χ1) is 9.54. The van der Waals surface area contributed by atoms with E-state index in [2.05, 4.69) is 10.3 Å².